The summed E-state index contributed by atoms with van der Waals surface area (Å²) in [4.78, 5) is 25.9. The Morgan fingerprint density at radius 3 is 2.81 bits per heavy atom. The SMILES string of the molecule is CC(=O)N1CCCC1C(=O)c1ccc(Br)s1. The van der Waals surface area contributed by atoms with E-state index >= 15 is 0 Å². The second kappa shape index (κ2) is 4.67. The molecule has 1 unspecified atom stereocenters. The predicted octanol–water partition coefficient (Wildman–Crippen LogP) is 2.70. The maximum Gasteiger partial charge on any atom is 0.220 e. The zero-order chi connectivity index (χ0) is 11.7. The minimum atomic E-state index is -0.247. The summed E-state index contributed by atoms with van der Waals surface area (Å²) >= 11 is 4.76. The highest BCUT2D eigenvalue weighted by molar-refractivity contribution is 9.11. The zero-order valence-corrected chi connectivity index (χ0v) is 11.3. The number of ketones is 1. The molecular formula is C11H12BrNO2S. The molecule has 0 spiro atoms. The van der Waals surface area contributed by atoms with E-state index in [-0.39, 0.29) is 17.7 Å². The summed E-state index contributed by atoms with van der Waals surface area (Å²) in [5.41, 5.74) is 0. The largest absolute Gasteiger partial charge is 0.332 e. The lowest BCUT2D eigenvalue weighted by atomic mass is 10.1. The number of halogens is 1. The molecule has 1 fully saturated rings. The fraction of sp³-hybridized carbons (Fsp3) is 0.455. The zero-order valence-electron chi connectivity index (χ0n) is 8.90. The van der Waals surface area contributed by atoms with Crippen LogP contribution in [0.5, 0.6) is 0 Å². The van der Waals surface area contributed by atoms with E-state index in [1.54, 1.807) is 4.90 Å². The Morgan fingerprint density at radius 1 is 1.50 bits per heavy atom. The minimum Gasteiger partial charge on any atom is -0.332 e. The van der Waals surface area contributed by atoms with E-state index in [0.717, 1.165) is 21.5 Å². The van der Waals surface area contributed by atoms with Crippen molar-refractivity contribution in [3.05, 3.63) is 20.8 Å². The summed E-state index contributed by atoms with van der Waals surface area (Å²) in [7, 11) is 0. The first-order valence-electron chi connectivity index (χ1n) is 5.16. The van der Waals surface area contributed by atoms with Crippen LogP contribution in [0, 0.1) is 0 Å². The number of likely N-dealkylation sites (tertiary alicyclic amines) is 1. The summed E-state index contributed by atoms with van der Waals surface area (Å²) in [6, 6.07) is 3.43. The number of carbonyl (C=O) groups excluding carboxylic acids is 2. The molecule has 1 aromatic rings. The van der Waals surface area contributed by atoms with Crippen molar-refractivity contribution in [2.75, 3.05) is 6.54 Å². The molecule has 1 aromatic heterocycles. The summed E-state index contributed by atoms with van der Waals surface area (Å²) in [6.45, 7) is 2.23. The van der Waals surface area contributed by atoms with Crippen LogP contribution >= 0.6 is 27.3 Å². The summed E-state index contributed by atoms with van der Waals surface area (Å²) < 4.78 is 0.947. The number of nitrogens with zero attached hydrogens (tertiary/aromatic N) is 1. The van der Waals surface area contributed by atoms with E-state index in [2.05, 4.69) is 15.9 Å². The van der Waals surface area contributed by atoms with Crippen molar-refractivity contribution < 1.29 is 9.59 Å². The molecule has 0 bridgehead atoms. The first-order valence-corrected chi connectivity index (χ1v) is 6.77. The second-order valence-corrected chi connectivity index (χ2v) is 6.30. The van der Waals surface area contributed by atoms with Gasteiger partial charge in [0.2, 0.25) is 5.91 Å². The van der Waals surface area contributed by atoms with Crippen molar-refractivity contribution in [1.82, 2.24) is 4.90 Å². The topological polar surface area (TPSA) is 37.4 Å². The predicted molar refractivity (Wildman–Crippen MR) is 66.8 cm³/mol. The monoisotopic (exact) mass is 301 g/mol. The first kappa shape index (κ1) is 11.8. The van der Waals surface area contributed by atoms with Crippen LogP contribution in [-0.2, 0) is 4.79 Å². The molecule has 86 valence electrons. The number of hydrogen-bond donors (Lipinski definition) is 0. The normalized spacial score (nSPS) is 20.1. The van der Waals surface area contributed by atoms with Gasteiger partial charge in [-0.15, -0.1) is 11.3 Å². The molecule has 2 heterocycles. The van der Waals surface area contributed by atoms with Gasteiger partial charge in [0.05, 0.1) is 14.7 Å². The third-order valence-corrected chi connectivity index (χ3v) is 4.41. The van der Waals surface area contributed by atoms with E-state index in [1.165, 1.54) is 18.3 Å². The maximum absolute atomic E-state index is 12.2. The van der Waals surface area contributed by atoms with Crippen LogP contribution in [0.3, 0.4) is 0 Å². The van der Waals surface area contributed by atoms with Gasteiger partial charge in [-0.3, -0.25) is 9.59 Å². The van der Waals surface area contributed by atoms with E-state index in [9.17, 15) is 9.59 Å². The van der Waals surface area contributed by atoms with Crippen molar-refractivity contribution in [3.63, 3.8) is 0 Å². The molecule has 2 rings (SSSR count). The molecule has 0 radical (unpaired) electrons. The Bertz CT molecular complexity index is 429. The molecule has 16 heavy (non-hydrogen) atoms. The van der Waals surface area contributed by atoms with E-state index in [0.29, 0.717) is 6.54 Å². The minimum absolute atomic E-state index is 0.00790. The Kier molecular flexibility index (Phi) is 3.44. The van der Waals surface area contributed by atoms with Gasteiger partial charge in [0, 0.05) is 13.5 Å². The fourth-order valence-corrected chi connectivity index (χ4v) is 3.40. The molecule has 1 amide bonds. The number of rotatable bonds is 2. The second-order valence-electron chi connectivity index (χ2n) is 3.84. The van der Waals surface area contributed by atoms with E-state index in [1.807, 2.05) is 12.1 Å². The molecule has 3 nitrogen and oxygen atoms in total. The molecule has 0 saturated carbocycles. The lowest BCUT2D eigenvalue weighted by Crippen LogP contribution is -2.38. The molecule has 1 aliphatic heterocycles. The van der Waals surface area contributed by atoms with Gasteiger partial charge in [0.25, 0.3) is 0 Å². The van der Waals surface area contributed by atoms with Crippen LogP contribution < -0.4 is 0 Å². The molecule has 1 aliphatic rings. The van der Waals surface area contributed by atoms with Gasteiger partial charge < -0.3 is 4.90 Å². The lowest BCUT2D eigenvalue weighted by Gasteiger charge is -2.21. The fourth-order valence-electron chi connectivity index (χ4n) is 2.03. The highest BCUT2D eigenvalue weighted by Gasteiger charge is 2.33. The Balaban J connectivity index is 2.18. The Hall–Kier alpha value is -0.680. The van der Waals surface area contributed by atoms with Gasteiger partial charge >= 0.3 is 0 Å². The van der Waals surface area contributed by atoms with Gasteiger partial charge in [0.15, 0.2) is 5.78 Å². The van der Waals surface area contributed by atoms with Gasteiger partial charge in [-0.2, -0.15) is 0 Å². The smallest absolute Gasteiger partial charge is 0.220 e. The van der Waals surface area contributed by atoms with Gasteiger partial charge in [0.1, 0.15) is 0 Å². The van der Waals surface area contributed by atoms with Crippen molar-refractivity contribution in [2.45, 2.75) is 25.8 Å². The summed E-state index contributed by atoms with van der Waals surface area (Å²) in [6.07, 6.45) is 1.70. The number of hydrogen-bond acceptors (Lipinski definition) is 3. The van der Waals surface area contributed by atoms with Crippen LogP contribution in [0.2, 0.25) is 0 Å². The standard InChI is InChI=1S/C11H12BrNO2S/c1-7(14)13-6-2-3-8(13)11(15)9-4-5-10(12)16-9/h4-5,8H,2-3,6H2,1H3. The average Bonchev–Trinajstić information content (AvgIpc) is 2.84. The van der Waals surface area contributed by atoms with Crippen molar-refractivity contribution >= 4 is 39.0 Å². The average molecular weight is 302 g/mol. The maximum atomic E-state index is 12.2. The molecule has 1 saturated heterocycles. The van der Waals surface area contributed by atoms with Crippen LogP contribution in [-0.4, -0.2) is 29.2 Å². The number of thiophene rings is 1. The molecule has 0 aliphatic carbocycles. The van der Waals surface area contributed by atoms with Crippen molar-refractivity contribution in [2.24, 2.45) is 0 Å². The summed E-state index contributed by atoms with van der Waals surface area (Å²) in [5, 5.41) is 0. The van der Waals surface area contributed by atoms with Gasteiger partial charge in [-0.25, -0.2) is 0 Å². The van der Waals surface area contributed by atoms with Crippen LogP contribution in [0.4, 0.5) is 0 Å². The van der Waals surface area contributed by atoms with Crippen LogP contribution in [0.25, 0.3) is 0 Å². The van der Waals surface area contributed by atoms with Crippen LogP contribution in [0.15, 0.2) is 15.9 Å². The van der Waals surface area contributed by atoms with Crippen LogP contribution in [0.1, 0.15) is 29.4 Å². The molecule has 0 N–H and O–H groups in total. The molecule has 0 aromatic carbocycles. The van der Waals surface area contributed by atoms with Gasteiger partial charge in [-0.05, 0) is 40.9 Å². The first-order chi connectivity index (χ1) is 7.59. The number of carbonyl (C=O) groups is 2. The third kappa shape index (κ3) is 2.20. The van der Waals surface area contributed by atoms with Gasteiger partial charge in [-0.1, -0.05) is 0 Å². The Labute approximate surface area is 107 Å². The highest BCUT2D eigenvalue weighted by Crippen LogP contribution is 2.27. The van der Waals surface area contributed by atoms with E-state index < -0.39 is 0 Å². The molecule has 5 heteroatoms. The van der Waals surface area contributed by atoms with Crippen molar-refractivity contribution in [1.29, 1.82) is 0 Å². The number of amides is 1. The number of Topliss-reactive ketones (excluding diaryl/α,β-unsaturated/α-hetero) is 1. The highest BCUT2D eigenvalue weighted by atomic mass is 79.9. The molecule has 1 atom stereocenters. The lowest BCUT2D eigenvalue weighted by molar-refractivity contribution is -0.128. The molecular weight excluding hydrogens is 290 g/mol. The third-order valence-electron chi connectivity index (χ3n) is 2.78. The summed E-state index contributed by atoms with van der Waals surface area (Å²) in [5.74, 6) is 0.0647. The van der Waals surface area contributed by atoms with Crippen molar-refractivity contribution in [3.8, 4) is 0 Å². The Morgan fingerprint density at radius 2 is 2.25 bits per heavy atom. The quantitative estimate of drug-likeness (QED) is 0.788. The van der Waals surface area contributed by atoms with E-state index in [4.69, 9.17) is 0 Å².